The quantitative estimate of drug-likeness (QED) is 0.296. The molecule has 1 aromatic carbocycles. The molecule has 0 saturated carbocycles. The zero-order valence-electron chi connectivity index (χ0n) is 15.6. The number of esters is 1. The Bertz CT molecular complexity index is 1030. The Morgan fingerprint density at radius 1 is 1.21 bits per heavy atom. The van der Waals surface area contributed by atoms with Crippen LogP contribution >= 0.6 is 11.3 Å². The van der Waals surface area contributed by atoms with Gasteiger partial charge in [-0.3, -0.25) is 9.78 Å². The number of benzene rings is 1. The topological polar surface area (TPSA) is 109 Å². The molecule has 2 N–H and O–H groups in total. The van der Waals surface area contributed by atoms with E-state index >= 15 is 0 Å². The number of nitrogens with one attached hydrogen (secondary N) is 2. The summed E-state index contributed by atoms with van der Waals surface area (Å²) in [5, 5.41) is 13.7. The normalized spacial score (nSPS) is 11.5. The lowest BCUT2D eigenvalue weighted by Crippen LogP contribution is -2.28. The number of H-pyrrole nitrogens is 1. The van der Waals surface area contributed by atoms with Crippen LogP contribution in [0.15, 0.2) is 51.7 Å². The summed E-state index contributed by atoms with van der Waals surface area (Å²) < 4.78 is 5.29. The van der Waals surface area contributed by atoms with Crippen LogP contribution in [0.25, 0.3) is 0 Å². The van der Waals surface area contributed by atoms with E-state index in [0.29, 0.717) is 16.3 Å². The molecule has 2 aromatic heterocycles. The first kappa shape index (κ1) is 19.4. The molecule has 0 aliphatic carbocycles. The van der Waals surface area contributed by atoms with E-state index in [0.717, 1.165) is 5.56 Å². The highest BCUT2D eigenvalue weighted by molar-refractivity contribution is 7.12. The number of thiophene rings is 1. The number of aromatic nitrogens is 3. The van der Waals surface area contributed by atoms with Crippen molar-refractivity contribution in [2.45, 2.75) is 26.2 Å². The molecule has 0 amide bonds. The van der Waals surface area contributed by atoms with Crippen molar-refractivity contribution in [3.63, 3.8) is 0 Å². The van der Waals surface area contributed by atoms with Crippen LogP contribution in [-0.2, 0) is 5.41 Å². The maximum Gasteiger partial charge on any atom is 0.353 e. The molecule has 0 unspecified atom stereocenters. The number of ether oxygens (including phenoxy) is 1. The summed E-state index contributed by atoms with van der Waals surface area (Å²) in [7, 11) is 0. The first-order chi connectivity index (χ1) is 13.3. The van der Waals surface area contributed by atoms with Gasteiger partial charge in [-0.2, -0.15) is 5.10 Å². The first-order valence-electron chi connectivity index (χ1n) is 8.45. The summed E-state index contributed by atoms with van der Waals surface area (Å²) in [5.41, 5.74) is 3.06. The van der Waals surface area contributed by atoms with Crippen LogP contribution in [0.3, 0.4) is 0 Å². The SMILES string of the molecule is CC(C)(C)c1nnc(N/N=C/c2ccc(OC(=O)c3cccs3)cc2)[nH]c1=O. The highest BCUT2D eigenvalue weighted by atomic mass is 32.1. The number of carbonyl (C=O) groups excluding carboxylic acids is 1. The number of anilines is 1. The van der Waals surface area contributed by atoms with Gasteiger partial charge in [0.05, 0.1) is 6.21 Å². The third-order valence-corrected chi connectivity index (χ3v) is 4.45. The molecule has 8 nitrogen and oxygen atoms in total. The second-order valence-corrected chi connectivity index (χ2v) is 7.85. The van der Waals surface area contributed by atoms with Crippen molar-refractivity contribution in [3.05, 3.63) is 68.3 Å². The maximum absolute atomic E-state index is 12.0. The van der Waals surface area contributed by atoms with Crippen molar-refractivity contribution < 1.29 is 9.53 Å². The van der Waals surface area contributed by atoms with Gasteiger partial charge >= 0.3 is 5.97 Å². The van der Waals surface area contributed by atoms with E-state index < -0.39 is 5.41 Å². The van der Waals surface area contributed by atoms with Gasteiger partial charge in [-0.15, -0.1) is 21.5 Å². The fourth-order valence-electron chi connectivity index (χ4n) is 2.22. The van der Waals surface area contributed by atoms with Crippen LogP contribution in [0.2, 0.25) is 0 Å². The summed E-state index contributed by atoms with van der Waals surface area (Å²) in [6.45, 7) is 5.66. The molecule has 0 spiro atoms. The van der Waals surface area contributed by atoms with Gasteiger partial charge in [0.15, 0.2) is 0 Å². The van der Waals surface area contributed by atoms with Crippen molar-refractivity contribution >= 4 is 29.5 Å². The number of aromatic amines is 1. The Labute approximate surface area is 165 Å². The molecule has 0 aliphatic heterocycles. The lowest BCUT2D eigenvalue weighted by atomic mass is 9.93. The molecule has 0 radical (unpaired) electrons. The molecule has 0 atom stereocenters. The third-order valence-electron chi connectivity index (χ3n) is 3.60. The van der Waals surface area contributed by atoms with Crippen molar-refractivity contribution in [2.75, 3.05) is 5.43 Å². The highest BCUT2D eigenvalue weighted by Gasteiger charge is 2.20. The number of hydrogen-bond donors (Lipinski definition) is 2. The highest BCUT2D eigenvalue weighted by Crippen LogP contribution is 2.16. The molecule has 9 heteroatoms. The number of nitrogens with zero attached hydrogens (tertiary/aromatic N) is 3. The van der Waals surface area contributed by atoms with E-state index in [4.69, 9.17) is 4.74 Å². The largest absolute Gasteiger partial charge is 0.422 e. The minimum absolute atomic E-state index is 0.149. The fourth-order valence-corrected chi connectivity index (χ4v) is 2.82. The van der Waals surface area contributed by atoms with Gasteiger partial charge in [-0.05, 0) is 41.3 Å². The first-order valence-corrected chi connectivity index (χ1v) is 9.33. The predicted octanol–water partition coefficient (Wildman–Crippen LogP) is 3.19. The zero-order chi connectivity index (χ0) is 20.1. The standard InChI is InChI=1S/C19H19N5O3S/c1-19(2,3)15-16(25)21-18(24-22-15)23-20-11-12-6-8-13(9-7-12)27-17(26)14-5-4-10-28-14/h4-11H,1-3H3,(H2,21,23,24,25)/b20-11+. The average Bonchev–Trinajstić information content (AvgIpc) is 3.17. The molecular formula is C19H19N5O3S. The lowest BCUT2D eigenvalue weighted by Gasteiger charge is -2.15. The van der Waals surface area contributed by atoms with Crippen LogP contribution in [0.1, 0.15) is 41.7 Å². The fraction of sp³-hybridized carbons (Fsp3) is 0.211. The van der Waals surface area contributed by atoms with Gasteiger partial charge in [-0.25, -0.2) is 10.2 Å². The Morgan fingerprint density at radius 2 is 1.96 bits per heavy atom. The number of carbonyl (C=O) groups is 1. The Balaban J connectivity index is 1.60. The van der Waals surface area contributed by atoms with E-state index in [1.165, 1.54) is 11.3 Å². The molecule has 0 fully saturated rings. The second kappa shape index (κ2) is 8.13. The van der Waals surface area contributed by atoms with Gasteiger partial charge in [0, 0.05) is 5.41 Å². The Morgan fingerprint density at radius 3 is 2.57 bits per heavy atom. The van der Waals surface area contributed by atoms with E-state index in [1.807, 2.05) is 26.2 Å². The molecule has 2 heterocycles. The maximum atomic E-state index is 12.0. The lowest BCUT2D eigenvalue weighted by molar-refractivity contribution is 0.0740. The van der Waals surface area contributed by atoms with E-state index in [9.17, 15) is 9.59 Å². The molecule has 3 aromatic rings. The van der Waals surface area contributed by atoms with Crippen LogP contribution in [0.4, 0.5) is 5.95 Å². The Hall–Kier alpha value is -3.33. The summed E-state index contributed by atoms with van der Waals surface area (Å²) in [6, 6.07) is 10.3. The molecule has 0 saturated heterocycles. The molecule has 0 aliphatic rings. The second-order valence-electron chi connectivity index (χ2n) is 6.91. The van der Waals surface area contributed by atoms with E-state index in [1.54, 1.807) is 42.6 Å². The van der Waals surface area contributed by atoms with Gasteiger partial charge in [0.1, 0.15) is 16.3 Å². The third kappa shape index (κ3) is 4.89. The predicted molar refractivity (Wildman–Crippen MR) is 108 cm³/mol. The van der Waals surface area contributed by atoms with Crippen LogP contribution in [0.5, 0.6) is 5.75 Å². The monoisotopic (exact) mass is 397 g/mol. The van der Waals surface area contributed by atoms with Gasteiger partial charge in [0.2, 0.25) is 5.95 Å². The van der Waals surface area contributed by atoms with Crippen LogP contribution in [-0.4, -0.2) is 27.4 Å². The Kier molecular flexibility index (Phi) is 5.65. The molecule has 144 valence electrons. The molecule has 3 rings (SSSR count). The smallest absolute Gasteiger partial charge is 0.353 e. The van der Waals surface area contributed by atoms with Gasteiger partial charge < -0.3 is 4.74 Å². The van der Waals surface area contributed by atoms with Crippen molar-refractivity contribution in [2.24, 2.45) is 5.10 Å². The van der Waals surface area contributed by atoms with Crippen molar-refractivity contribution in [3.8, 4) is 5.75 Å². The minimum Gasteiger partial charge on any atom is -0.422 e. The van der Waals surface area contributed by atoms with E-state index in [-0.39, 0.29) is 17.5 Å². The van der Waals surface area contributed by atoms with Crippen molar-refractivity contribution in [1.82, 2.24) is 15.2 Å². The van der Waals surface area contributed by atoms with Crippen molar-refractivity contribution in [1.29, 1.82) is 0 Å². The zero-order valence-corrected chi connectivity index (χ0v) is 16.4. The summed E-state index contributed by atoms with van der Waals surface area (Å²) >= 11 is 1.33. The minimum atomic E-state index is -0.392. The number of hydrogen-bond acceptors (Lipinski definition) is 8. The molecule has 0 bridgehead atoms. The summed E-state index contributed by atoms with van der Waals surface area (Å²) in [4.78, 5) is 27.1. The molecule has 28 heavy (non-hydrogen) atoms. The van der Waals surface area contributed by atoms with Crippen LogP contribution in [0, 0.1) is 0 Å². The average molecular weight is 397 g/mol. The molecular weight excluding hydrogens is 378 g/mol. The van der Waals surface area contributed by atoms with Crippen LogP contribution < -0.4 is 15.7 Å². The summed E-state index contributed by atoms with van der Waals surface area (Å²) in [6.07, 6.45) is 1.54. The van der Waals surface area contributed by atoms with Gasteiger partial charge in [0.25, 0.3) is 5.56 Å². The summed E-state index contributed by atoms with van der Waals surface area (Å²) in [5.74, 6) is 0.200. The van der Waals surface area contributed by atoms with E-state index in [2.05, 4.69) is 25.7 Å². The van der Waals surface area contributed by atoms with Gasteiger partial charge in [-0.1, -0.05) is 26.8 Å². The number of rotatable bonds is 5. The number of hydrazone groups is 1.